The van der Waals surface area contributed by atoms with E-state index in [0.29, 0.717) is 18.1 Å². The predicted molar refractivity (Wildman–Crippen MR) is 77.4 cm³/mol. The lowest BCUT2D eigenvalue weighted by molar-refractivity contribution is -0.150. The molecule has 1 atom stereocenters. The standard InChI is InChI=1S/C15H21NO5/c1-5-20-14(17)10-16(3)15(18)11(2)21-13-8-6-12(19-4)7-9-13/h6-9,11H,5,10H2,1-4H3. The SMILES string of the molecule is CCOC(=O)CN(C)C(=O)C(C)Oc1ccc(OC)cc1. The molecule has 0 saturated carbocycles. The molecule has 0 aromatic heterocycles. The van der Waals surface area contributed by atoms with Gasteiger partial charge in [0.15, 0.2) is 6.10 Å². The Hall–Kier alpha value is -2.24. The number of amides is 1. The molecule has 6 nitrogen and oxygen atoms in total. The first-order valence-electron chi connectivity index (χ1n) is 6.69. The van der Waals surface area contributed by atoms with Crippen LogP contribution in [-0.2, 0) is 14.3 Å². The third kappa shape index (κ3) is 5.33. The third-order valence-electron chi connectivity index (χ3n) is 2.77. The molecule has 1 rings (SSSR count). The van der Waals surface area contributed by atoms with Crippen LogP contribution in [0.1, 0.15) is 13.8 Å². The monoisotopic (exact) mass is 295 g/mol. The Balaban J connectivity index is 2.54. The van der Waals surface area contributed by atoms with Gasteiger partial charge in [-0.1, -0.05) is 0 Å². The summed E-state index contributed by atoms with van der Waals surface area (Å²) in [7, 11) is 3.11. The van der Waals surface area contributed by atoms with Crippen molar-refractivity contribution in [2.45, 2.75) is 20.0 Å². The molecule has 0 N–H and O–H groups in total. The maximum atomic E-state index is 12.1. The highest BCUT2D eigenvalue weighted by Crippen LogP contribution is 2.18. The molecule has 0 bridgehead atoms. The lowest BCUT2D eigenvalue weighted by Gasteiger charge is -2.21. The second kappa shape index (κ2) is 8.14. The van der Waals surface area contributed by atoms with Gasteiger partial charge in [-0.15, -0.1) is 0 Å². The Morgan fingerprint density at radius 1 is 1.19 bits per heavy atom. The van der Waals surface area contributed by atoms with Crippen LogP contribution >= 0.6 is 0 Å². The van der Waals surface area contributed by atoms with Gasteiger partial charge in [0.2, 0.25) is 0 Å². The lowest BCUT2D eigenvalue weighted by atomic mass is 10.3. The fourth-order valence-electron chi connectivity index (χ4n) is 1.70. The summed E-state index contributed by atoms with van der Waals surface area (Å²) >= 11 is 0. The average molecular weight is 295 g/mol. The number of rotatable bonds is 7. The molecule has 1 amide bonds. The van der Waals surface area contributed by atoms with Crippen molar-refractivity contribution in [3.05, 3.63) is 24.3 Å². The normalized spacial score (nSPS) is 11.4. The summed E-state index contributed by atoms with van der Waals surface area (Å²) in [4.78, 5) is 24.7. The maximum absolute atomic E-state index is 12.1. The van der Waals surface area contributed by atoms with Crippen molar-refractivity contribution < 1.29 is 23.8 Å². The summed E-state index contributed by atoms with van der Waals surface area (Å²) in [5, 5.41) is 0. The quantitative estimate of drug-likeness (QED) is 0.713. The molecular weight excluding hydrogens is 274 g/mol. The molecule has 0 spiro atoms. The van der Waals surface area contributed by atoms with E-state index in [1.807, 2.05) is 0 Å². The van der Waals surface area contributed by atoms with Crippen LogP contribution < -0.4 is 9.47 Å². The van der Waals surface area contributed by atoms with Crippen molar-refractivity contribution in [2.24, 2.45) is 0 Å². The van der Waals surface area contributed by atoms with E-state index in [4.69, 9.17) is 14.2 Å². The zero-order valence-electron chi connectivity index (χ0n) is 12.8. The molecule has 0 saturated heterocycles. The summed E-state index contributed by atoms with van der Waals surface area (Å²) in [6, 6.07) is 6.92. The number of hydrogen-bond donors (Lipinski definition) is 0. The number of nitrogens with zero attached hydrogens (tertiary/aromatic N) is 1. The molecule has 0 fully saturated rings. The Labute approximate surface area is 124 Å². The van der Waals surface area contributed by atoms with Gasteiger partial charge >= 0.3 is 5.97 Å². The van der Waals surface area contributed by atoms with Gasteiger partial charge in [-0.3, -0.25) is 9.59 Å². The summed E-state index contributed by atoms with van der Waals surface area (Å²) < 4.78 is 15.4. The van der Waals surface area contributed by atoms with E-state index in [0.717, 1.165) is 0 Å². The highest BCUT2D eigenvalue weighted by molar-refractivity contribution is 5.84. The highest BCUT2D eigenvalue weighted by Gasteiger charge is 2.21. The molecule has 0 aliphatic heterocycles. The fourth-order valence-corrected chi connectivity index (χ4v) is 1.70. The molecule has 0 radical (unpaired) electrons. The molecule has 1 aromatic rings. The van der Waals surface area contributed by atoms with Gasteiger partial charge in [-0.05, 0) is 38.1 Å². The minimum atomic E-state index is -0.696. The van der Waals surface area contributed by atoms with Crippen LogP contribution in [0.3, 0.4) is 0 Å². The van der Waals surface area contributed by atoms with Gasteiger partial charge in [0.05, 0.1) is 13.7 Å². The third-order valence-corrected chi connectivity index (χ3v) is 2.77. The van der Waals surface area contributed by atoms with Crippen molar-refractivity contribution in [1.29, 1.82) is 0 Å². The molecule has 1 unspecified atom stereocenters. The Morgan fingerprint density at radius 2 is 1.76 bits per heavy atom. The van der Waals surface area contributed by atoms with E-state index in [1.54, 1.807) is 45.2 Å². The zero-order valence-corrected chi connectivity index (χ0v) is 12.8. The first-order chi connectivity index (χ1) is 9.97. The number of carbonyl (C=O) groups excluding carboxylic acids is 2. The number of methoxy groups -OCH3 is 1. The van der Waals surface area contributed by atoms with Gasteiger partial charge in [-0.25, -0.2) is 0 Å². The van der Waals surface area contributed by atoms with Crippen molar-refractivity contribution in [3.63, 3.8) is 0 Å². The van der Waals surface area contributed by atoms with Gasteiger partial charge in [0, 0.05) is 7.05 Å². The molecule has 0 aliphatic carbocycles. The molecule has 1 aromatic carbocycles. The first-order valence-corrected chi connectivity index (χ1v) is 6.69. The Kier molecular flexibility index (Phi) is 6.52. The van der Waals surface area contributed by atoms with Crippen LogP contribution in [0.2, 0.25) is 0 Å². The van der Waals surface area contributed by atoms with Gasteiger partial charge in [-0.2, -0.15) is 0 Å². The average Bonchev–Trinajstić information content (AvgIpc) is 2.47. The Morgan fingerprint density at radius 3 is 2.29 bits per heavy atom. The van der Waals surface area contributed by atoms with Crippen LogP contribution in [-0.4, -0.2) is 50.2 Å². The molecule has 6 heteroatoms. The number of carbonyl (C=O) groups is 2. The largest absolute Gasteiger partial charge is 0.497 e. The van der Waals surface area contributed by atoms with E-state index in [-0.39, 0.29) is 12.5 Å². The molecule has 21 heavy (non-hydrogen) atoms. The van der Waals surface area contributed by atoms with E-state index in [1.165, 1.54) is 11.9 Å². The number of likely N-dealkylation sites (N-methyl/N-ethyl adjacent to an activating group) is 1. The smallest absolute Gasteiger partial charge is 0.325 e. The van der Waals surface area contributed by atoms with Crippen LogP contribution in [0, 0.1) is 0 Å². The Bertz CT molecular complexity index is 471. The van der Waals surface area contributed by atoms with Gasteiger partial charge < -0.3 is 19.1 Å². The van der Waals surface area contributed by atoms with Crippen molar-refractivity contribution in [2.75, 3.05) is 27.3 Å². The van der Waals surface area contributed by atoms with E-state index in [9.17, 15) is 9.59 Å². The summed E-state index contributed by atoms with van der Waals surface area (Å²) in [6.45, 7) is 3.55. The van der Waals surface area contributed by atoms with E-state index in [2.05, 4.69) is 0 Å². The summed E-state index contributed by atoms with van der Waals surface area (Å²) in [6.07, 6.45) is -0.696. The number of esters is 1. The number of benzene rings is 1. The van der Waals surface area contributed by atoms with Crippen LogP contribution in [0.15, 0.2) is 24.3 Å². The molecular formula is C15H21NO5. The van der Waals surface area contributed by atoms with E-state index < -0.39 is 12.1 Å². The first kappa shape index (κ1) is 16.8. The molecule has 116 valence electrons. The number of hydrogen-bond acceptors (Lipinski definition) is 5. The van der Waals surface area contributed by atoms with E-state index >= 15 is 0 Å². The van der Waals surface area contributed by atoms with Crippen molar-refractivity contribution in [3.8, 4) is 11.5 Å². The highest BCUT2D eigenvalue weighted by atomic mass is 16.5. The number of ether oxygens (including phenoxy) is 3. The van der Waals surface area contributed by atoms with Crippen LogP contribution in [0.4, 0.5) is 0 Å². The van der Waals surface area contributed by atoms with Crippen LogP contribution in [0.25, 0.3) is 0 Å². The topological polar surface area (TPSA) is 65.1 Å². The lowest BCUT2D eigenvalue weighted by Crippen LogP contribution is -2.41. The zero-order chi connectivity index (χ0) is 15.8. The molecule has 0 heterocycles. The summed E-state index contributed by atoms with van der Waals surface area (Å²) in [5.41, 5.74) is 0. The van der Waals surface area contributed by atoms with Gasteiger partial charge in [0.1, 0.15) is 18.0 Å². The fraction of sp³-hybridized carbons (Fsp3) is 0.467. The molecule has 0 aliphatic rings. The second-order valence-electron chi connectivity index (χ2n) is 4.43. The summed E-state index contributed by atoms with van der Waals surface area (Å²) in [5.74, 6) is 0.533. The van der Waals surface area contributed by atoms with Crippen molar-refractivity contribution in [1.82, 2.24) is 4.90 Å². The van der Waals surface area contributed by atoms with Gasteiger partial charge in [0.25, 0.3) is 5.91 Å². The maximum Gasteiger partial charge on any atom is 0.325 e. The minimum Gasteiger partial charge on any atom is -0.497 e. The predicted octanol–water partition coefficient (Wildman–Crippen LogP) is 1.48. The van der Waals surface area contributed by atoms with Crippen LogP contribution in [0.5, 0.6) is 11.5 Å². The van der Waals surface area contributed by atoms with Crippen molar-refractivity contribution >= 4 is 11.9 Å². The minimum absolute atomic E-state index is 0.0943. The second-order valence-corrected chi connectivity index (χ2v) is 4.43.